The molecule has 0 aliphatic carbocycles. The number of nitrogens with zero attached hydrogens (tertiary/aromatic N) is 2. The van der Waals surface area contributed by atoms with Gasteiger partial charge >= 0.3 is 0 Å². The Hall–Kier alpha value is -2.21. The van der Waals surface area contributed by atoms with Gasteiger partial charge in [0.1, 0.15) is 0 Å². The summed E-state index contributed by atoms with van der Waals surface area (Å²) in [4.78, 5) is 12.2. The zero-order chi connectivity index (χ0) is 19.6. The van der Waals surface area contributed by atoms with Gasteiger partial charge in [-0.15, -0.1) is 0 Å². The molecule has 2 aromatic rings. The van der Waals surface area contributed by atoms with E-state index in [1.54, 1.807) is 17.8 Å². The number of carbonyl (C=O) groups excluding carboxylic acids is 1. The van der Waals surface area contributed by atoms with Crippen LogP contribution in [-0.2, 0) is 13.5 Å². The van der Waals surface area contributed by atoms with Crippen LogP contribution in [0.4, 0.5) is 5.69 Å². The molecule has 0 spiro atoms. The molecule has 0 unspecified atom stereocenters. The zero-order valence-corrected chi connectivity index (χ0v) is 17.4. The highest BCUT2D eigenvalue weighted by Gasteiger charge is 2.12. The number of rotatable bonds is 9. The van der Waals surface area contributed by atoms with Crippen molar-refractivity contribution in [1.29, 1.82) is 0 Å². The topological polar surface area (TPSA) is 58.9 Å². The molecule has 0 saturated carbocycles. The minimum Gasteiger partial charge on any atom is -0.332 e. The first-order chi connectivity index (χ1) is 13.0. The van der Waals surface area contributed by atoms with E-state index in [-0.39, 0.29) is 11.0 Å². The first kappa shape index (κ1) is 21.1. The van der Waals surface area contributed by atoms with Crippen LogP contribution in [0.15, 0.2) is 30.3 Å². The van der Waals surface area contributed by atoms with Gasteiger partial charge in [-0.1, -0.05) is 51.2 Å². The van der Waals surface area contributed by atoms with Gasteiger partial charge in [0.2, 0.25) is 0 Å². The van der Waals surface area contributed by atoms with Crippen LogP contribution in [0, 0.1) is 6.92 Å². The summed E-state index contributed by atoms with van der Waals surface area (Å²) >= 11 is 5.23. The fourth-order valence-corrected chi connectivity index (χ4v) is 3.08. The highest BCUT2D eigenvalue weighted by atomic mass is 32.1. The van der Waals surface area contributed by atoms with Gasteiger partial charge in [-0.05, 0) is 55.7 Å². The molecule has 1 heterocycles. The molecule has 0 aliphatic rings. The SMILES string of the molecule is CCCCCCCCc1ccc(NC(=S)NC(=O)c2cc(C)n(C)n2)cc1. The van der Waals surface area contributed by atoms with Gasteiger partial charge in [0.25, 0.3) is 5.91 Å². The lowest BCUT2D eigenvalue weighted by Crippen LogP contribution is -2.34. The van der Waals surface area contributed by atoms with Crippen molar-refractivity contribution in [2.24, 2.45) is 7.05 Å². The molecule has 0 radical (unpaired) electrons. The van der Waals surface area contributed by atoms with E-state index in [9.17, 15) is 4.79 Å². The van der Waals surface area contributed by atoms with Crippen LogP contribution in [0.5, 0.6) is 0 Å². The van der Waals surface area contributed by atoms with Gasteiger partial charge in [0.05, 0.1) is 0 Å². The maximum absolute atomic E-state index is 12.2. The number of amides is 1. The Labute approximate surface area is 167 Å². The Kier molecular flexibility index (Phi) is 8.45. The molecule has 2 rings (SSSR count). The van der Waals surface area contributed by atoms with Crippen molar-refractivity contribution in [2.45, 2.75) is 58.8 Å². The molecular weight excluding hydrogens is 356 g/mol. The lowest BCUT2D eigenvalue weighted by Gasteiger charge is -2.09. The smallest absolute Gasteiger partial charge is 0.277 e. The second-order valence-electron chi connectivity index (χ2n) is 6.92. The molecular formula is C21H30N4OS. The third kappa shape index (κ3) is 7.13. The van der Waals surface area contributed by atoms with E-state index in [0.29, 0.717) is 5.69 Å². The summed E-state index contributed by atoms with van der Waals surface area (Å²) in [5, 5.41) is 10.1. The lowest BCUT2D eigenvalue weighted by molar-refractivity contribution is 0.0972. The number of aromatic nitrogens is 2. The number of thiocarbonyl (C=S) groups is 1. The summed E-state index contributed by atoms with van der Waals surface area (Å²) in [6, 6.07) is 9.95. The molecule has 1 aromatic heterocycles. The van der Waals surface area contributed by atoms with Gasteiger partial charge in [0.15, 0.2) is 10.8 Å². The highest BCUT2D eigenvalue weighted by molar-refractivity contribution is 7.80. The molecule has 0 saturated heterocycles. The number of carbonyl (C=O) groups is 1. The van der Waals surface area contributed by atoms with Gasteiger partial charge in [-0.25, -0.2) is 0 Å². The first-order valence-electron chi connectivity index (χ1n) is 9.71. The molecule has 0 fully saturated rings. The van der Waals surface area contributed by atoms with E-state index in [1.807, 2.05) is 19.1 Å². The van der Waals surface area contributed by atoms with Crippen molar-refractivity contribution in [3.05, 3.63) is 47.3 Å². The van der Waals surface area contributed by atoms with Crippen molar-refractivity contribution in [3.63, 3.8) is 0 Å². The lowest BCUT2D eigenvalue weighted by atomic mass is 10.0. The second-order valence-corrected chi connectivity index (χ2v) is 7.33. The molecule has 0 atom stereocenters. The largest absolute Gasteiger partial charge is 0.332 e. The molecule has 0 aliphatic heterocycles. The van der Waals surface area contributed by atoms with Gasteiger partial charge in [-0.3, -0.25) is 14.8 Å². The summed E-state index contributed by atoms with van der Waals surface area (Å²) in [5.74, 6) is -0.309. The van der Waals surface area contributed by atoms with E-state index in [0.717, 1.165) is 17.8 Å². The van der Waals surface area contributed by atoms with Crippen LogP contribution < -0.4 is 10.6 Å². The molecule has 146 valence electrons. The zero-order valence-electron chi connectivity index (χ0n) is 16.5. The number of aryl methyl sites for hydroxylation is 3. The Balaban J connectivity index is 1.75. The standard InChI is InChI=1S/C21H30N4OS/c1-4-5-6-7-8-9-10-17-11-13-18(14-12-17)22-21(27)23-20(26)19-15-16(2)25(3)24-19/h11-15H,4-10H2,1-3H3,(H2,22,23,26,27). The van der Waals surface area contributed by atoms with Gasteiger partial charge in [-0.2, -0.15) is 5.10 Å². The minimum absolute atomic E-state index is 0.270. The van der Waals surface area contributed by atoms with E-state index in [2.05, 4.69) is 34.8 Å². The summed E-state index contributed by atoms with van der Waals surface area (Å²) in [5.41, 5.74) is 3.47. The fourth-order valence-electron chi connectivity index (χ4n) is 2.87. The number of unbranched alkanes of at least 4 members (excludes halogenated alkanes) is 5. The normalized spacial score (nSPS) is 10.6. The molecule has 1 aromatic carbocycles. The number of benzene rings is 1. The van der Waals surface area contributed by atoms with E-state index in [4.69, 9.17) is 12.2 Å². The summed E-state index contributed by atoms with van der Waals surface area (Å²) in [6.45, 7) is 4.14. The predicted molar refractivity (Wildman–Crippen MR) is 115 cm³/mol. The Morgan fingerprint density at radius 2 is 1.78 bits per heavy atom. The van der Waals surface area contributed by atoms with Crippen molar-refractivity contribution >= 4 is 28.9 Å². The molecule has 5 nitrogen and oxygen atoms in total. The van der Waals surface area contributed by atoms with E-state index in [1.165, 1.54) is 44.1 Å². The van der Waals surface area contributed by atoms with Crippen molar-refractivity contribution < 1.29 is 4.79 Å². The quantitative estimate of drug-likeness (QED) is 0.482. The Bertz CT molecular complexity index is 733. The van der Waals surface area contributed by atoms with E-state index < -0.39 is 0 Å². The predicted octanol–water partition coefficient (Wildman–Crippen LogP) is 4.76. The Morgan fingerprint density at radius 1 is 1.11 bits per heavy atom. The molecule has 27 heavy (non-hydrogen) atoms. The minimum atomic E-state index is -0.309. The highest BCUT2D eigenvalue weighted by Crippen LogP contribution is 2.13. The maximum atomic E-state index is 12.2. The summed E-state index contributed by atoms with van der Waals surface area (Å²) in [7, 11) is 1.80. The van der Waals surface area contributed by atoms with Crippen molar-refractivity contribution in [3.8, 4) is 0 Å². The first-order valence-corrected chi connectivity index (χ1v) is 10.1. The number of hydrogen-bond donors (Lipinski definition) is 2. The van der Waals surface area contributed by atoms with Crippen LogP contribution >= 0.6 is 12.2 Å². The van der Waals surface area contributed by atoms with Crippen LogP contribution in [-0.4, -0.2) is 20.8 Å². The molecule has 2 N–H and O–H groups in total. The summed E-state index contributed by atoms with van der Waals surface area (Å²) in [6.07, 6.45) is 8.94. The number of hydrogen-bond acceptors (Lipinski definition) is 3. The fraction of sp³-hybridized carbons (Fsp3) is 0.476. The average Bonchev–Trinajstić information content (AvgIpc) is 2.98. The van der Waals surface area contributed by atoms with Gasteiger partial charge < -0.3 is 5.32 Å². The third-order valence-corrected chi connectivity index (χ3v) is 4.81. The average molecular weight is 387 g/mol. The van der Waals surface area contributed by atoms with Crippen LogP contribution in [0.1, 0.15) is 67.2 Å². The molecule has 1 amide bonds. The van der Waals surface area contributed by atoms with Crippen molar-refractivity contribution in [1.82, 2.24) is 15.1 Å². The van der Waals surface area contributed by atoms with Crippen LogP contribution in [0.2, 0.25) is 0 Å². The third-order valence-electron chi connectivity index (χ3n) is 4.60. The van der Waals surface area contributed by atoms with E-state index >= 15 is 0 Å². The molecule has 0 bridgehead atoms. The second kappa shape index (κ2) is 10.8. The molecule has 6 heteroatoms. The van der Waals surface area contributed by atoms with Gasteiger partial charge in [0, 0.05) is 18.4 Å². The summed E-state index contributed by atoms with van der Waals surface area (Å²) < 4.78 is 1.66. The van der Waals surface area contributed by atoms with Crippen LogP contribution in [0.25, 0.3) is 0 Å². The van der Waals surface area contributed by atoms with Crippen molar-refractivity contribution in [2.75, 3.05) is 5.32 Å². The monoisotopic (exact) mass is 386 g/mol. The number of nitrogens with one attached hydrogen (secondary N) is 2. The number of anilines is 1. The van der Waals surface area contributed by atoms with Crippen LogP contribution in [0.3, 0.4) is 0 Å². The maximum Gasteiger partial charge on any atom is 0.277 e. The Morgan fingerprint density at radius 3 is 2.41 bits per heavy atom.